The van der Waals surface area contributed by atoms with E-state index in [-0.39, 0.29) is 0 Å². The summed E-state index contributed by atoms with van der Waals surface area (Å²) in [4.78, 5) is 20.4. The standard InChI is InChI=1S/C42H26N2O.C36H20N2O2/c1-2-9-27(10-3-1)28-17-19-29(20-18-28)31-11-8-12-32(25-31)40-36-14-4-6-15-38(36)43-42(44-40)33-22-21-30-23-24-35-34-13-5-7-16-39(34)45-41(35)37(30)26-33;1-4-10-30-28(9-1)34(22-16-17-26-24-7-2-5-11-31(24)39-33(26)20-22)38-36(37-30)23-14-13-21-15-18-27-25-8-3-6-12-32(25)40-35(27)29(21)19-23/h1-26H;1-20H. The van der Waals surface area contributed by atoms with Crippen LogP contribution in [0.1, 0.15) is 0 Å². The Morgan fingerprint density at radius 1 is 0.200 bits per heavy atom. The van der Waals surface area contributed by atoms with Crippen molar-refractivity contribution in [2.45, 2.75) is 0 Å². The molecule has 0 N–H and O–H groups in total. The highest BCUT2D eigenvalue weighted by atomic mass is 16.3. The molecule has 0 saturated heterocycles. The van der Waals surface area contributed by atoms with E-state index in [1.54, 1.807) is 0 Å². The predicted molar refractivity (Wildman–Crippen MR) is 349 cm³/mol. The fourth-order valence-electron chi connectivity index (χ4n) is 12.3. The molecule has 0 amide bonds. The van der Waals surface area contributed by atoms with Crippen LogP contribution in [0.4, 0.5) is 0 Å². The van der Waals surface area contributed by atoms with Gasteiger partial charge in [-0.15, -0.1) is 0 Å². The van der Waals surface area contributed by atoms with Gasteiger partial charge in [0.05, 0.1) is 22.4 Å². The van der Waals surface area contributed by atoms with Crippen LogP contribution in [0.15, 0.2) is 292 Å². The van der Waals surface area contributed by atoms with Crippen LogP contribution in [0.25, 0.3) is 177 Å². The molecule has 5 aromatic heterocycles. The zero-order valence-corrected chi connectivity index (χ0v) is 45.6. The van der Waals surface area contributed by atoms with Gasteiger partial charge >= 0.3 is 0 Å². The summed E-state index contributed by atoms with van der Waals surface area (Å²) in [6, 6.07) is 96.5. The summed E-state index contributed by atoms with van der Waals surface area (Å²) in [5.74, 6) is 1.37. The first kappa shape index (κ1) is 48.2. The molecule has 0 aliphatic rings. The number of benzene rings is 13. The minimum atomic E-state index is 0.674. The molecule has 0 spiro atoms. The third-order valence-electron chi connectivity index (χ3n) is 16.6. The van der Waals surface area contributed by atoms with Crippen LogP contribution in [0.5, 0.6) is 0 Å². The number of nitrogens with zero attached hydrogens (tertiary/aromatic N) is 4. The monoisotopic (exact) mass is 1090 g/mol. The van der Waals surface area contributed by atoms with Crippen molar-refractivity contribution in [2.75, 3.05) is 0 Å². The second kappa shape index (κ2) is 19.6. The molecule has 0 unspecified atom stereocenters. The Bertz CT molecular complexity index is 5680. The summed E-state index contributed by atoms with van der Waals surface area (Å²) >= 11 is 0. The first-order valence-corrected chi connectivity index (χ1v) is 28.5. The third-order valence-corrected chi connectivity index (χ3v) is 16.6. The molecule has 13 aromatic carbocycles. The van der Waals surface area contributed by atoms with Gasteiger partial charge < -0.3 is 13.3 Å². The van der Waals surface area contributed by atoms with Gasteiger partial charge in [0.2, 0.25) is 0 Å². The number of hydrogen-bond acceptors (Lipinski definition) is 7. The van der Waals surface area contributed by atoms with E-state index in [1.165, 1.54) is 16.7 Å². The van der Waals surface area contributed by atoms with Crippen LogP contribution >= 0.6 is 0 Å². The molecule has 0 bridgehead atoms. The summed E-state index contributed by atoms with van der Waals surface area (Å²) in [6.45, 7) is 0. The van der Waals surface area contributed by atoms with Gasteiger partial charge in [0.1, 0.15) is 33.5 Å². The number of furan rings is 3. The lowest BCUT2D eigenvalue weighted by Gasteiger charge is -2.12. The van der Waals surface area contributed by atoms with Gasteiger partial charge in [-0.25, -0.2) is 19.9 Å². The van der Waals surface area contributed by atoms with Crippen LogP contribution in [0.2, 0.25) is 0 Å². The van der Waals surface area contributed by atoms with E-state index in [0.717, 1.165) is 148 Å². The number of para-hydroxylation sites is 5. The van der Waals surface area contributed by atoms with Crippen LogP contribution in [0, 0.1) is 0 Å². The summed E-state index contributed by atoms with van der Waals surface area (Å²) in [5, 5.41) is 13.1. The van der Waals surface area contributed by atoms with Gasteiger partial charge in [0.25, 0.3) is 0 Å². The minimum Gasteiger partial charge on any atom is -0.456 e. The normalized spacial score (nSPS) is 11.8. The number of fused-ring (bicyclic) bond motifs is 15. The number of rotatable bonds is 6. The zero-order chi connectivity index (χ0) is 56.0. The van der Waals surface area contributed by atoms with Gasteiger partial charge in [0.15, 0.2) is 11.6 Å². The number of aromatic nitrogens is 4. The lowest BCUT2D eigenvalue weighted by atomic mass is 9.97. The summed E-state index contributed by atoms with van der Waals surface area (Å²) < 4.78 is 18.9. The molecule has 0 saturated carbocycles. The van der Waals surface area contributed by atoms with E-state index in [0.29, 0.717) is 11.6 Å². The first-order valence-electron chi connectivity index (χ1n) is 28.5. The van der Waals surface area contributed by atoms with Crippen molar-refractivity contribution in [3.05, 3.63) is 279 Å². The molecule has 396 valence electrons. The molecule has 0 aliphatic heterocycles. The lowest BCUT2D eigenvalue weighted by molar-refractivity contribution is 0.669. The summed E-state index contributed by atoms with van der Waals surface area (Å²) in [5.41, 5.74) is 17.6. The molecular formula is C78H46N4O3. The molecule has 0 aliphatic carbocycles. The zero-order valence-electron chi connectivity index (χ0n) is 45.6. The molecule has 5 heterocycles. The Labute approximate surface area is 486 Å². The van der Waals surface area contributed by atoms with E-state index < -0.39 is 0 Å². The molecule has 18 aromatic rings. The lowest BCUT2D eigenvalue weighted by Crippen LogP contribution is -1.95. The SMILES string of the molecule is c1ccc(-c2ccc(-c3cccc(-c4nc(-c5ccc6ccc7c8ccccc8oc7c6c5)nc5ccccc45)c3)cc2)cc1.c1ccc2c(-c3ccc4c(c3)oc3ccccc34)nc(-c3ccc4ccc5c6ccccc6oc5c4c3)nc2c1. The van der Waals surface area contributed by atoms with Crippen LogP contribution in [-0.2, 0) is 0 Å². The Morgan fingerprint density at radius 3 is 1.14 bits per heavy atom. The molecule has 7 heteroatoms. The Balaban J connectivity index is 0.000000134. The summed E-state index contributed by atoms with van der Waals surface area (Å²) in [6.07, 6.45) is 0. The average molecular weight is 1090 g/mol. The largest absolute Gasteiger partial charge is 0.456 e. The minimum absolute atomic E-state index is 0.674. The van der Waals surface area contributed by atoms with Gasteiger partial charge in [-0.1, -0.05) is 206 Å². The average Bonchev–Trinajstić information content (AvgIpc) is 2.72. The van der Waals surface area contributed by atoms with Gasteiger partial charge in [-0.2, -0.15) is 0 Å². The fourth-order valence-corrected chi connectivity index (χ4v) is 12.3. The molecule has 18 rings (SSSR count). The maximum atomic E-state index is 6.37. The van der Waals surface area contributed by atoms with E-state index in [2.05, 4.69) is 200 Å². The van der Waals surface area contributed by atoms with Crippen molar-refractivity contribution in [1.29, 1.82) is 0 Å². The van der Waals surface area contributed by atoms with E-state index in [9.17, 15) is 0 Å². The molecule has 0 atom stereocenters. The third kappa shape index (κ3) is 8.28. The second-order valence-corrected chi connectivity index (χ2v) is 21.6. The fraction of sp³-hybridized carbons (Fsp3) is 0. The first-order chi connectivity index (χ1) is 42.1. The summed E-state index contributed by atoms with van der Waals surface area (Å²) in [7, 11) is 0. The van der Waals surface area contributed by atoms with Crippen molar-refractivity contribution in [3.63, 3.8) is 0 Å². The van der Waals surface area contributed by atoms with Crippen molar-refractivity contribution in [1.82, 2.24) is 19.9 Å². The van der Waals surface area contributed by atoms with Gasteiger partial charge in [0, 0.05) is 76.1 Å². The highest BCUT2D eigenvalue weighted by molar-refractivity contribution is 6.17. The van der Waals surface area contributed by atoms with Gasteiger partial charge in [-0.3, -0.25) is 0 Å². The Hall–Kier alpha value is -11.5. The smallest absolute Gasteiger partial charge is 0.160 e. The quantitative estimate of drug-likeness (QED) is 0.164. The van der Waals surface area contributed by atoms with Crippen molar-refractivity contribution in [3.8, 4) is 67.5 Å². The van der Waals surface area contributed by atoms with E-state index in [1.807, 2.05) is 78.9 Å². The second-order valence-electron chi connectivity index (χ2n) is 21.6. The Kier molecular flexibility index (Phi) is 11.1. The van der Waals surface area contributed by atoms with E-state index >= 15 is 0 Å². The van der Waals surface area contributed by atoms with Crippen molar-refractivity contribution < 1.29 is 13.3 Å². The van der Waals surface area contributed by atoms with E-state index in [4.69, 9.17) is 33.2 Å². The number of hydrogen-bond donors (Lipinski definition) is 0. The highest BCUT2D eigenvalue weighted by Crippen LogP contribution is 2.41. The predicted octanol–water partition coefficient (Wildman–Crippen LogP) is 21.3. The van der Waals surface area contributed by atoms with Crippen LogP contribution < -0.4 is 0 Å². The molecule has 7 nitrogen and oxygen atoms in total. The molecule has 0 radical (unpaired) electrons. The molecular weight excluding hydrogens is 1040 g/mol. The van der Waals surface area contributed by atoms with Gasteiger partial charge in [-0.05, 0) is 106 Å². The van der Waals surface area contributed by atoms with Crippen LogP contribution in [0.3, 0.4) is 0 Å². The maximum Gasteiger partial charge on any atom is 0.160 e. The maximum absolute atomic E-state index is 6.37. The highest BCUT2D eigenvalue weighted by Gasteiger charge is 2.19. The Morgan fingerprint density at radius 2 is 0.576 bits per heavy atom. The topological polar surface area (TPSA) is 91.0 Å². The van der Waals surface area contributed by atoms with Crippen molar-refractivity contribution >= 4 is 109 Å². The van der Waals surface area contributed by atoms with Crippen LogP contribution in [-0.4, -0.2) is 19.9 Å². The van der Waals surface area contributed by atoms with Crippen molar-refractivity contribution in [2.24, 2.45) is 0 Å². The molecule has 0 fully saturated rings. The molecule has 85 heavy (non-hydrogen) atoms.